The van der Waals surface area contributed by atoms with Crippen molar-refractivity contribution in [3.05, 3.63) is 60.7 Å². The monoisotopic (exact) mass is 332 g/mol. The number of alkyl halides is 3. The van der Waals surface area contributed by atoms with Crippen LogP contribution in [-0.2, 0) is 0 Å². The second kappa shape index (κ2) is 6.27. The predicted octanol–water partition coefficient (Wildman–Crippen LogP) is 4.74. The molecule has 1 aromatic carbocycles. The Balaban J connectivity index is 2.02. The van der Waals surface area contributed by atoms with Gasteiger partial charge in [0.25, 0.3) is 0 Å². The molecule has 0 aliphatic carbocycles. The molecule has 2 aromatic heterocycles. The summed E-state index contributed by atoms with van der Waals surface area (Å²) in [5.74, 6) is -0.924. The van der Waals surface area contributed by atoms with Crippen molar-refractivity contribution in [1.82, 2.24) is 4.98 Å². The SMILES string of the molecule is O=C(CC(=Nc1cccc2cccnc12)C(F)(F)F)c1ccco1. The zero-order valence-corrected chi connectivity index (χ0v) is 12.2. The number of ketones is 1. The van der Waals surface area contributed by atoms with Gasteiger partial charge in [0.1, 0.15) is 5.71 Å². The summed E-state index contributed by atoms with van der Waals surface area (Å²) >= 11 is 0. The van der Waals surface area contributed by atoms with Gasteiger partial charge in [-0.2, -0.15) is 13.2 Å². The van der Waals surface area contributed by atoms with E-state index >= 15 is 0 Å². The van der Waals surface area contributed by atoms with Crippen LogP contribution >= 0.6 is 0 Å². The Kier molecular flexibility index (Phi) is 4.16. The number of rotatable bonds is 4. The van der Waals surface area contributed by atoms with Gasteiger partial charge >= 0.3 is 6.18 Å². The molecule has 0 fully saturated rings. The van der Waals surface area contributed by atoms with E-state index in [2.05, 4.69) is 9.98 Å². The number of para-hydroxylation sites is 1. The van der Waals surface area contributed by atoms with Crippen molar-refractivity contribution in [3.63, 3.8) is 0 Å². The lowest BCUT2D eigenvalue weighted by Gasteiger charge is -2.10. The van der Waals surface area contributed by atoms with E-state index in [0.717, 1.165) is 0 Å². The molecular formula is C17H11F3N2O2. The molecule has 0 saturated heterocycles. The topological polar surface area (TPSA) is 55.5 Å². The van der Waals surface area contributed by atoms with Gasteiger partial charge in [-0.15, -0.1) is 0 Å². The average molecular weight is 332 g/mol. The molecule has 122 valence electrons. The molecule has 24 heavy (non-hydrogen) atoms. The van der Waals surface area contributed by atoms with E-state index in [1.54, 1.807) is 24.3 Å². The first-order chi connectivity index (χ1) is 11.4. The third-order valence-corrected chi connectivity index (χ3v) is 3.32. The van der Waals surface area contributed by atoms with Crippen LogP contribution in [0, 0.1) is 0 Å². The van der Waals surface area contributed by atoms with Gasteiger partial charge in [0.05, 0.1) is 23.9 Å². The summed E-state index contributed by atoms with van der Waals surface area (Å²) in [6.07, 6.45) is -2.94. The number of halogens is 3. The lowest BCUT2D eigenvalue weighted by molar-refractivity contribution is -0.0601. The van der Waals surface area contributed by atoms with Gasteiger partial charge in [-0.3, -0.25) is 9.78 Å². The lowest BCUT2D eigenvalue weighted by atomic mass is 10.1. The molecule has 0 amide bonds. The number of Topliss-reactive ketones (excluding diaryl/α,β-unsaturated/α-hetero) is 1. The van der Waals surface area contributed by atoms with E-state index in [0.29, 0.717) is 10.9 Å². The van der Waals surface area contributed by atoms with Gasteiger partial charge < -0.3 is 4.42 Å². The van der Waals surface area contributed by atoms with E-state index in [4.69, 9.17) is 4.42 Å². The standard InChI is InChI=1S/C17H11F3N2O2/c18-17(19,20)15(10-13(23)14-7-3-9-24-14)22-12-6-1-4-11-5-2-8-21-16(11)12/h1-9H,10H2. The summed E-state index contributed by atoms with van der Waals surface area (Å²) in [6.45, 7) is 0. The highest BCUT2D eigenvalue weighted by Crippen LogP contribution is 2.28. The van der Waals surface area contributed by atoms with Crippen LogP contribution in [0.3, 0.4) is 0 Å². The molecule has 0 aliphatic rings. The maximum Gasteiger partial charge on any atom is 0.429 e. The summed E-state index contributed by atoms with van der Waals surface area (Å²) in [6, 6.07) is 10.9. The Morgan fingerprint density at radius 3 is 2.62 bits per heavy atom. The number of hydrogen-bond acceptors (Lipinski definition) is 4. The van der Waals surface area contributed by atoms with Crippen LogP contribution in [0.2, 0.25) is 0 Å². The van der Waals surface area contributed by atoms with Crippen molar-refractivity contribution in [1.29, 1.82) is 0 Å². The van der Waals surface area contributed by atoms with Gasteiger partial charge in [0, 0.05) is 11.6 Å². The Hall–Kier alpha value is -2.96. The van der Waals surface area contributed by atoms with E-state index < -0.39 is 24.1 Å². The first-order valence-electron chi connectivity index (χ1n) is 7.00. The quantitative estimate of drug-likeness (QED) is 0.512. The fraction of sp³-hybridized carbons (Fsp3) is 0.118. The molecule has 0 radical (unpaired) electrons. The second-order valence-corrected chi connectivity index (χ2v) is 4.99. The number of aliphatic imine (C=N–C) groups is 1. The smallest absolute Gasteiger partial charge is 0.429 e. The van der Waals surface area contributed by atoms with Gasteiger partial charge in [0.2, 0.25) is 5.78 Å². The van der Waals surface area contributed by atoms with Crippen LogP contribution in [0.15, 0.2) is 64.3 Å². The fourth-order valence-corrected chi connectivity index (χ4v) is 2.20. The highest BCUT2D eigenvalue weighted by molar-refractivity contribution is 6.11. The van der Waals surface area contributed by atoms with Gasteiger partial charge in [-0.05, 0) is 24.3 Å². The number of carbonyl (C=O) groups excluding carboxylic acids is 1. The molecule has 0 bridgehead atoms. The zero-order chi connectivity index (χ0) is 17.2. The first-order valence-corrected chi connectivity index (χ1v) is 7.00. The molecule has 0 unspecified atom stereocenters. The minimum absolute atomic E-state index is 0.0627. The van der Waals surface area contributed by atoms with E-state index in [9.17, 15) is 18.0 Å². The Morgan fingerprint density at radius 2 is 1.92 bits per heavy atom. The predicted molar refractivity (Wildman–Crippen MR) is 82.5 cm³/mol. The van der Waals surface area contributed by atoms with E-state index in [1.807, 2.05) is 0 Å². The summed E-state index contributed by atoms with van der Waals surface area (Å²) in [5.41, 5.74) is -0.790. The number of nitrogens with zero attached hydrogens (tertiary/aromatic N) is 2. The van der Waals surface area contributed by atoms with Gasteiger partial charge in [-0.25, -0.2) is 4.99 Å². The van der Waals surface area contributed by atoms with Crippen LogP contribution in [0.4, 0.5) is 18.9 Å². The number of furan rings is 1. The van der Waals surface area contributed by atoms with Gasteiger partial charge in [0.15, 0.2) is 5.76 Å². The van der Waals surface area contributed by atoms with Crippen molar-refractivity contribution in [2.75, 3.05) is 0 Å². The van der Waals surface area contributed by atoms with Crippen molar-refractivity contribution >= 4 is 28.1 Å². The van der Waals surface area contributed by atoms with Crippen LogP contribution in [0.5, 0.6) is 0 Å². The molecule has 7 heteroatoms. The minimum Gasteiger partial charge on any atom is -0.461 e. The number of carbonyl (C=O) groups is 1. The fourth-order valence-electron chi connectivity index (χ4n) is 2.20. The number of hydrogen-bond donors (Lipinski definition) is 0. The molecule has 0 aliphatic heterocycles. The molecule has 3 rings (SSSR count). The Bertz CT molecular complexity index is 894. The molecule has 0 atom stereocenters. The van der Waals surface area contributed by atoms with Crippen molar-refractivity contribution in [3.8, 4) is 0 Å². The van der Waals surface area contributed by atoms with Crippen molar-refractivity contribution in [2.24, 2.45) is 4.99 Å². The summed E-state index contributed by atoms with van der Waals surface area (Å²) in [7, 11) is 0. The average Bonchev–Trinajstić information content (AvgIpc) is 3.08. The summed E-state index contributed by atoms with van der Waals surface area (Å²) in [4.78, 5) is 19.7. The Morgan fingerprint density at radius 1 is 1.12 bits per heavy atom. The Labute approximate surface area is 134 Å². The third kappa shape index (κ3) is 3.34. The van der Waals surface area contributed by atoms with E-state index in [1.165, 1.54) is 30.7 Å². The highest BCUT2D eigenvalue weighted by Gasteiger charge is 2.37. The van der Waals surface area contributed by atoms with Crippen LogP contribution < -0.4 is 0 Å². The second-order valence-electron chi connectivity index (χ2n) is 4.99. The molecule has 4 nitrogen and oxygen atoms in total. The van der Waals surface area contributed by atoms with Crippen molar-refractivity contribution < 1.29 is 22.4 Å². The molecule has 2 heterocycles. The van der Waals surface area contributed by atoms with E-state index in [-0.39, 0.29) is 11.4 Å². The maximum absolute atomic E-state index is 13.3. The molecule has 0 N–H and O–H groups in total. The zero-order valence-electron chi connectivity index (χ0n) is 12.2. The van der Waals surface area contributed by atoms with Crippen LogP contribution in [0.1, 0.15) is 17.0 Å². The third-order valence-electron chi connectivity index (χ3n) is 3.32. The minimum atomic E-state index is -4.74. The van der Waals surface area contributed by atoms with Crippen LogP contribution in [0.25, 0.3) is 10.9 Å². The summed E-state index contributed by atoms with van der Waals surface area (Å²) < 4.78 is 44.7. The molecule has 0 saturated carbocycles. The maximum atomic E-state index is 13.3. The largest absolute Gasteiger partial charge is 0.461 e. The lowest BCUT2D eigenvalue weighted by Crippen LogP contribution is -2.25. The molecular weight excluding hydrogens is 321 g/mol. The highest BCUT2D eigenvalue weighted by atomic mass is 19.4. The van der Waals surface area contributed by atoms with Crippen LogP contribution in [-0.4, -0.2) is 22.7 Å². The molecule has 3 aromatic rings. The number of pyridine rings is 1. The summed E-state index contributed by atoms with van der Waals surface area (Å²) in [5, 5.41) is 0.664. The van der Waals surface area contributed by atoms with Gasteiger partial charge in [-0.1, -0.05) is 18.2 Å². The number of fused-ring (bicyclic) bond motifs is 1. The first kappa shape index (κ1) is 15.9. The normalized spacial score (nSPS) is 12.5. The number of benzene rings is 1. The van der Waals surface area contributed by atoms with Crippen molar-refractivity contribution in [2.45, 2.75) is 12.6 Å². The number of aromatic nitrogens is 1. The molecule has 0 spiro atoms.